The number of nitrogens with one attached hydrogen (secondary N) is 2. The molecule has 106 valence electrons. The first kappa shape index (κ1) is 15.3. The Bertz CT molecular complexity index is 623. The van der Waals surface area contributed by atoms with E-state index in [0.29, 0.717) is 21.8 Å². The van der Waals surface area contributed by atoms with E-state index in [1.165, 1.54) is 0 Å². The number of nitrogen functional groups attached to an aromatic ring is 1. The van der Waals surface area contributed by atoms with Gasteiger partial charge in [0, 0.05) is 16.2 Å². The molecule has 4 N–H and O–H groups in total. The highest BCUT2D eigenvalue weighted by Gasteiger charge is 2.13. The van der Waals surface area contributed by atoms with Gasteiger partial charge in [-0.15, -0.1) is 0 Å². The summed E-state index contributed by atoms with van der Waals surface area (Å²) in [6.07, 6.45) is 1.61. The average molecular weight is 377 g/mol. The van der Waals surface area contributed by atoms with Crippen LogP contribution in [-0.2, 0) is 0 Å². The number of aromatic nitrogens is 2. The quantitative estimate of drug-likeness (QED) is 0.555. The van der Waals surface area contributed by atoms with Crippen LogP contribution in [0.1, 0.15) is 18.5 Å². The van der Waals surface area contributed by atoms with Crippen molar-refractivity contribution in [3.63, 3.8) is 0 Å². The van der Waals surface area contributed by atoms with E-state index in [4.69, 9.17) is 29.0 Å². The van der Waals surface area contributed by atoms with Gasteiger partial charge >= 0.3 is 0 Å². The monoisotopic (exact) mass is 375 g/mol. The smallest absolute Gasteiger partial charge is 0.239 e. The number of anilines is 2. The number of nitrogens with two attached hydrogens (primary N) is 1. The fourth-order valence-electron chi connectivity index (χ4n) is 1.67. The summed E-state index contributed by atoms with van der Waals surface area (Å²) in [4.78, 5) is 8.22. The van der Waals surface area contributed by atoms with E-state index in [1.807, 2.05) is 13.0 Å². The molecule has 0 saturated carbocycles. The molecule has 1 aromatic heterocycles. The molecule has 2 aromatic rings. The molecule has 0 fully saturated rings. The second-order valence-corrected chi connectivity index (χ2v) is 5.76. The minimum Gasteiger partial charge on any atom is -0.362 e. The lowest BCUT2D eigenvalue weighted by Gasteiger charge is -2.17. The van der Waals surface area contributed by atoms with E-state index >= 15 is 0 Å². The molecular formula is C12H12BrCl2N5. The van der Waals surface area contributed by atoms with Crippen molar-refractivity contribution in [2.45, 2.75) is 13.0 Å². The molecule has 0 radical (unpaired) electrons. The Labute approximate surface area is 135 Å². The van der Waals surface area contributed by atoms with Crippen LogP contribution in [0, 0.1) is 0 Å². The fraction of sp³-hybridized carbons (Fsp3) is 0.167. The predicted octanol–water partition coefficient (Wildman–Crippen LogP) is 4.00. The van der Waals surface area contributed by atoms with E-state index < -0.39 is 0 Å². The summed E-state index contributed by atoms with van der Waals surface area (Å²) in [6.45, 7) is 1.97. The van der Waals surface area contributed by atoms with E-state index in [1.54, 1.807) is 18.3 Å². The number of halogens is 3. The van der Waals surface area contributed by atoms with Crippen molar-refractivity contribution in [3.05, 3.63) is 44.5 Å². The lowest BCUT2D eigenvalue weighted by molar-refractivity contribution is 0.870. The van der Waals surface area contributed by atoms with Gasteiger partial charge in [-0.1, -0.05) is 29.3 Å². The Morgan fingerprint density at radius 2 is 2.10 bits per heavy atom. The highest BCUT2D eigenvalue weighted by Crippen LogP contribution is 2.30. The molecule has 0 aliphatic carbocycles. The maximum absolute atomic E-state index is 6.19. The van der Waals surface area contributed by atoms with Crippen LogP contribution in [0.3, 0.4) is 0 Å². The van der Waals surface area contributed by atoms with Gasteiger partial charge < -0.3 is 5.32 Å². The molecule has 1 heterocycles. The molecule has 0 aliphatic rings. The zero-order chi connectivity index (χ0) is 14.7. The van der Waals surface area contributed by atoms with Crippen molar-refractivity contribution in [1.29, 1.82) is 0 Å². The highest BCUT2D eigenvalue weighted by atomic mass is 79.9. The van der Waals surface area contributed by atoms with Gasteiger partial charge in [-0.3, -0.25) is 5.43 Å². The van der Waals surface area contributed by atoms with Crippen molar-refractivity contribution in [3.8, 4) is 0 Å². The third-order valence-electron chi connectivity index (χ3n) is 2.66. The fourth-order valence-corrected chi connectivity index (χ4v) is 2.55. The van der Waals surface area contributed by atoms with Crippen LogP contribution in [0.4, 0.5) is 11.8 Å². The van der Waals surface area contributed by atoms with Crippen LogP contribution in [0.15, 0.2) is 28.9 Å². The molecule has 0 aliphatic heterocycles. The van der Waals surface area contributed by atoms with Crippen LogP contribution >= 0.6 is 39.1 Å². The largest absolute Gasteiger partial charge is 0.362 e. The van der Waals surface area contributed by atoms with Gasteiger partial charge in [-0.2, -0.15) is 4.98 Å². The van der Waals surface area contributed by atoms with Gasteiger partial charge in [0.05, 0.1) is 10.5 Å². The average Bonchev–Trinajstić information content (AvgIpc) is 2.41. The Hall–Kier alpha value is -1.08. The van der Waals surface area contributed by atoms with Crippen molar-refractivity contribution in [2.24, 2.45) is 5.84 Å². The van der Waals surface area contributed by atoms with Crippen LogP contribution < -0.4 is 16.6 Å². The van der Waals surface area contributed by atoms with Gasteiger partial charge in [0.15, 0.2) is 0 Å². The molecule has 0 saturated heterocycles. The van der Waals surface area contributed by atoms with Crippen molar-refractivity contribution in [2.75, 3.05) is 10.7 Å². The number of hydrazine groups is 1. The Morgan fingerprint density at radius 3 is 2.75 bits per heavy atom. The van der Waals surface area contributed by atoms with E-state index in [-0.39, 0.29) is 6.04 Å². The normalized spacial score (nSPS) is 12.1. The third-order valence-corrected chi connectivity index (χ3v) is 3.80. The van der Waals surface area contributed by atoms with E-state index in [2.05, 4.69) is 36.6 Å². The van der Waals surface area contributed by atoms with Gasteiger partial charge in [0.1, 0.15) is 5.82 Å². The number of nitrogens with zero attached hydrogens (tertiary/aromatic N) is 2. The van der Waals surface area contributed by atoms with E-state index in [0.717, 1.165) is 10.0 Å². The van der Waals surface area contributed by atoms with Gasteiger partial charge in [-0.05, 0) is 40.5 Å². The minimum atomic E-state index is -0.0587. The molecular weight excluding hydrogens is 365 g/mol. The first-order valence-electron chi connectivity index (χ1n) is 5.72. The Morgan fingerprint density at radius 1 is 1.35 bits per heavy atom. The first-order chi connectivity index (χ1) is 9.51. The molecule has 20 heavy (non-hydrogen) atoms. The van der Waals surface area contributed by atoms with E-state index in [9.17, 15) is 0 Å². The van der Waals surface area contributed by atoms with Crippen LogP contribution in [0.2, 0.25) is 10.0 Å². The van der Waals surface area contributed by atoms with Gasteiger partial charge in [-0.25, -0.2) is 10.8 Å². The summed E-state index contributed by atoms with van der Waals surface area (Å²) < 4.78 is 0.730. The van der Waals surface area contributed by atoms with Crippen molar-refractivity contribution < 1.29 is 0 Å². The summed E-state index contributed by atoms with van der Waals surface area (Å²) in [5.74, 6) is 6.24. The van der Waals surface area contributed by atoms with Gasteiger partial charge in [0.2, 0.25) is 5.95 Å². The maximum Gasteiger partial charge on any atom is 0.239 e. The lowest BCUT2D eigenvalue weighted by Crippen LogP contribution is -2.14. The maximum atomic E-state index is 6.19. The molecule has 0 amide bonds. The summed E-state index contributed by atoms with van der Waals surface area (Å²) in [7, 11) is 0. The molecule has 1 unspecified atom stereocenters. The predicted molar refractivity (Wildman–Crippen MR) is 86.0 cm³/mol. The zero-order valence-corrected chi connectivity index (χ0v) is 13.6. The number of hydrogen-bond acceptors (Lipinski definition) is 5. The van der Waals surface area contributed by atoms with Gasteiger partial charge in [0.25, 0.3) is 0 Å². The standard InChI is InChI=1S/C12H12BrCl2N5/c1-6(8-3-2-7(14)4-10(8)15)18-11-9(13)5-17-12(19-11)20-16/h2-6H,16H2,1H3,(H2,17,18,19,20). The summed E-state index contributed by atoms with van der Waals surface area (Å²) >= 11 is 15.5. The molecule has 8 heteroatoms. The second-order valence-electron chi connectivity index (χ2n) is 4.07. The zero-order valence-electron chi connectivity index (χ0n) is 10.5. The molecule has 2 rings (SSSR count). The number of hydrogen-bond donors (Lipinski definition) is 3. The first-order valence-corrected chi connectivity index (χ1v) is 7.26. The van der Waals surface area contributed by atoms with Crippen molar-refractivity contribution in [1.82, 2.24) is 9.97 Å². The number of rotatable bonds is 4. The topological polar surface area (TPSA) is 75.9 Å². The summed E-state index contributed by atoms with van der Waals surface area (Å²) in [6, 6.07) is 5.32. The number of benzene rings is 1. The molecule has 1 atom stereocenters. The molecule has 5 nitrogen and oxygen atoms in total. The molecule has 0 spiro atoms. The Balaban J connectivity index is 2.25. The Kier molecular flexibility index (Phi) is 5.04. The lowest BCUT2D eigenvalue weighted by atomic mass is 10.1. The van der Waals surface area contributed by atoms with Crippen molar-refractivity contribution >= 4 is 50.9 Å². The SMILES string of the molecule is CC(Nc1nc(NN)ncc1Br)c1ccc(Cl)cc1Cl. The summed E-state index contributed by atoms with van der Waals surface area (Å²) in [5, 5.41) is 4.44. The van der Waals surface area contributed by atoms with Crippen LogP contribution in [0.5, 0.6) is 0 Å². The minimum absolute atomic E-state index is 0.0587. The second kappa shape index (κ2) is 6.58. The molecule has 1 aromatic carbocycles. The van der Waals surface area contributed by atoms with Crippen LogP contribution in [0.25, 0.3) is 0 Å². The van der Waals surface area contributed by atoms with Crippen LogP contribution in [-0.4, -0.2) is 9.97 Å². The third kappa shape index (κ3) is 3.52. The summed E-state index contributed by atoms with van der Waals surface area (Å²) in [5.41, 5.74) is 3.32. The molecule has 0 bridgehead atoms. The highest BCUT2D eigenvalue weighted by molar-refractivity contribution is 9.10.